The van der Waals surface area contributed by atoms with Gasteiger partial charge < -0.3 is 15.0 Å². The lowest BCUT2D eigenvalue weighted by Gasteiger charge is -2.31. The molecule has 1 aliphatic heterocycles. The number of amides is 2. The van der Waals surface area contributed by atoms with Gasteiger partial charge >= 0.3 is 6.09 Å². The zero-order chi connectivity index (χ0) is 17.5. The average Bonchev–Trinajstić information content (AvgIpc) is 2.56. The van der Waals surface area contributed by atoms with Crippen LogP contribution in [0.15, 0.2) is 28.7 Å². The third-order valence-electron chi connectivity index (χ3n) is 3.74. The number of rotatable bonds is 4. The fraction of sp³-hybridized carbons (Fsp3) is 0.412. The van der Waals surface area contributed by atoms with Crippen LogP contribution in [-0.4, -0.2) is 42.6 Å². The number of benzene rings is 1. The molecule has 1 saturated heterocycles. The summed E-state index contributed by atoms with van der Waals surface area (Å²) in [7, 11) is 0. The summed E-state index contributed by atoms with van der Waals surface area (Å²) in [6.07, 6.45) is 3.80. The molecule has 24 heavy (non-hydrogen) atoms. The fourth-order valence-corrected chi connectivity index (χ4v) is 2.86. The molecule has 2 amide bonds. The maximum absolute atomic E-state index is 13.6. The van der Waals surface area contributed by atoms with Crippen LogP contribution in [0.4, 0.5) is 9.18 Å². The van der Waals surface area contributed by atoms with E-state index in [-0.39, 0.29) is 23.9 Å². The Morgan fingerprint density at radius 2 is 2.12 bits per heavy atom. The number of nitrogens with zero attached hydrogens (tertiary/aromatic N) is 1. The maximum atomic E-state index is 13.6. The van der Waals surface area contributed by atoms with E-state index in [9.17, 15) is 14.0 Å². The highest BCUT2D eigenvalue weighted by atomic mass is 79.9. The van der Waals surface area contributed by atoms with Crippen molar-refractivity contribution in [1.82, 2.24) is 10.2 Å². The minimum Gasteiger partial charge on any atom is -0.450 e. The minimum absolute atomic E-state index is 0.000169. The van der Waals surface area contributed by atoms with Gasteiger partial charge in [-0.15, -0.1) is 0 Å². The molecule has 1 N–H and O–H groups in total. The summed E-state index contributed by atoms with van der Waals surface area (Å²) in [5.41, 5.74) is 0.344. The van der Waals surface area contributed by atoms with Crippen LogP contribution in [0, 0.1) is 5.82 Å². The second kappa shape index (κ2) is 8.82. The molecule has 7 heteroatoms. The number of piperidine rings is 1. The highest BCUT2D eigenvalue weighted by Gasteiger charge is 2.24. The van der Waals surface area contributed by atoms with Gasteiger partial charge in [0.25, 0.3) is 0 Å². The van der Waals surface area contributed by atoms with Crippen molar-refractivity contribution in [3.8, 4) is 0 Å². The normalized spacial score (nSPS) is 15.5. The molecule has 0 spiro atoms. The molecule has 0 saturated carbocycles. The molecule has 5 nitrogen and oxygen atoms in total. The SMILES string of the molecule is CCOC(=O)N1CCC(NC(=O)/C=C/c2cc(Br)ccc2F)CC1. The molecular weight excluding hydrogens is 379 g/mol. The first kappa shape index (κ1) is 18.4. The van der Waals surface area contributed by atoms with Crippen LogP contribution in [0.2, 0.25) is 0 Å². The lowest BCUT2D eigenvalue weighted by molar-refractivity contribution is -0.117. The Morgan fingerprint density at radius 1 is 1.42 bits per heavy atom. The zero-order valence-corrected chi connectivity index (χ0v) is 15.0. The van der Waals surface area contributed by atoms with Crippen LogP contribution in [0.1, 0.15) is 25.3 Å². The number of halogens is 2. The summed E-state index contributed by atoms with van der Waals surface area (Å²) in [4.78, 5) is 25.2. The van der Waals surface area contributed by atoms with E-state index in [1.807, 2.05) is 0 Å². The van der Waals surface area contributed by atoms with Crippen molar-refractivity contribution in [1.29, 1.82) is 0 Å². The molecule has 1 aromatic rings. The molecule has 0 unspecified atom stereocenters. The molecule has 0 radical (unpaired) electrons. The van der Waals surface area contributed by atoms with E-state index in [0.29, 0.717) is 38.1 Å². The molecular formula is C17H20BrFN2O3. The Hall–Kier alpha value is -1.89. The van der Waals surface area contributed by atoms with Gasteiger partial charge in [0.1, 0.15) is 5.82 Å². The van der Waals surface area contributed by atoms with Crippen molar-refractivity contribution in [3.63, 3.8) is 0 Å². The maximum Gasteiger partial charge on any atom is 0.409 e. The number of carbonyl (C=O) groups excluding carboxylic acids is 2. The molecule has 130 valence electrons. The van der Waals surface area contributed by atoms with Gasteiger partial charge in [-0.1, -0.05) is 15.9 Å². The minimum atomic E-state index is -0.384. The smallest absolute Gasteiger partial charge is 0.409 e. The molecule has 1 aromatic carbocycles. The van der Waals surface area contributed by atoms with E-state index in [1.54, 1.807) is 24.0 Å². The van der Waals surface area contributed by atoms with Crippen molar-refractivity contribution in [2.75, 3.05) is 19.7 Å². The number of likely N-dealkylation sites (tertiary alicyclic amines) is 1. The highest BCUT2D eigenvalue weighted by molar-refractivity contribution is 9.10. The van der Waals surface area contributed by atoms with Gasteiger partial charge in [-0.3, -0.25) is 4.79 Å². The van der Waals surface area contributed by atoms with Crippen LogP contribution in [0.5, 0.6) is 0 Å². The van der Waals surface area contributed by atoms with Gasteiger partial charge in [0.15, 0.2) is 0 Å². The molecule has 1 aliphatic rings. The third-order valence-corrected chi connectivity index (χ3v) is 4.23. The van der Waals surface area contributed by atoms with Gasteiger partial charge in [0.2, 0.25) is 5.91 Å². The van der Waals surface area contributed by atoms with E-state index < -0.39 is 0 Å². The Morgan fingerprint density at radius 3 is 2.79 bits per heavy atom. The molecule has 0 atom stereocenters. The second-order valence-corrected chi connectivity index (χ2v) is 6.38. The van der Waals surface area contributed by atoms with E-state index in [0.717, 1.165) is 4.47 Å². The largest absolute Gasteiger partial charge is 0.450 e. The molecule has 0 aliphatic carbocycles. The van der Waals surface area contributed by atoms with Crippen molar-refractivity contribution in [2.24, 2.45) is 0 Å². The fourth-order valence-electron chi connectivity index (χ4n) is 2.48. The number of hydrogen-bond donors (Lipinski definition) is 1. The summed E-state index contributed by atoms with van der Waals surface area (Å²) in [5, 5.41) is 2.88. The van der Waals surface area contributed by atoms with Crippen molar-refractivity contribution in [2.45, 2.75) is 25.8 Å². The van der Waals surface area contributed by atoms with Crippen LogP contribution >= 0.6 is 15.9 Å². The quantitative estimate of drug-likeness (QED) is 0.791. The zero-order valence-electron chi connectivity index (χ0n) is 13.4. The predicted molar refractivity (Wildman–Crippen MR) is 92.9 cm³/mol. The van der Waals surface area contributed by atoms with E-state index in [1.165, 1.54) is 18.2 Å². The van der Waals surface area contributed by atoms with E-state index in [2.05, 4.69) is 21.2 Å². The summed E-state index contributed by atoms with van der Waals surface area (Å²) in [6, 6.07) is 4.55. The van der Waals surface area contributed by atoms with Crippen molar-refractivity contribution >= 4 is 34.0 Å². The molecule has 0 bridgehead atoms. The van der Waals surface area contributed by atoms with Gasteiger partial charge in [-0.05, 0) is 44.0 Å². The summed E-state index contributed by atoms with van der Waals surface area (Å²) < 4.78 is 19.3. The summed E-state index contributed by atoms with van der Waals surface area (Å²) in [5.74, 6) is -0.658. The highest BCUT2D eigenvalue weighted by Crippen LogP contribution is 2.17. The molecule has 2 rings (SSSR count). The third kappa shape index (κ3) is 5.33. The lowest BCUT2D eigenvalue weighted by atomic mass is 10.1. The van der Waals surface area contributed by atoms with E-state index >= 15 is 0 Å². The van der Waals surface area contributed by atoms with Gasteiger partial charge in [0, 0.05) is 35.2 Å². The van der Waals surface area contributed by atoms with Gasteiger partial charge in [-0.25, -0.2) is 9.18 Å². The lowest BCUT2D eigenvalue weighted by Crippen LogP contribution is -2.46. The van der Waals surface area contributed by atoms with Gasteiger partial charge in [0.05, 0.1) is 6.61 Å². The second-order valence-electron chi connectivity index (χ2n) is 5.47. The Bertz CT molecular complexity index is 628. The first-order valence-corrected chi connectivity index (χ1v) is 8.64. The first-order chi connectivity index (χ1) is 11.5. The van der Waals surface area contributed by atoms with Gasteiger partial charge in [-0.2, -0.15) is 0 Å². The topological polar surface area (TPSA) is 58.6 Å². The van der Waals surface area contributed by atoms with Crippen molar-refractivity contribution in [3.05, 3.63) is 40.1 Å². The van der Waals surface area contributed by atoms with E-state index in [4.69, 9.17) is 4.74 Å². The number of ether oxygens (including phenoxy) is 1. The Kier molecular flexibility index (Phi) is 6.78. The standard InChI is InChI=1S/C17H20BrFN2O3/c1-2-24-17(23)21-9-7-14(8-10-21)20-16(22)6-3-12-11-13(18)4-5-15(12)19/h3-6,11,14H,2,7-10H2,1H3,(H,20,22)/b6-3+. The first-order valence-electron chi connectivity index (χ1n) is 7.85. The monoisotopic (exact) mass is 398 g/mol. The average molecular weight is 399 g/mol. The summed E-state index contributed by atoms with van der Waals surface area (Å²) in [6.45, 7) is 3.22. The summed E-state index contributed by atoms with van der Waals surface area (Å²) >= 11 is 3.27. The van der Waals surface area contributed by atoms with Crippen LogP contribution in [0.3, 0.4) is 0 Å². The Balaban J connectivity index is 1.82. The molecule has 1 fully saturated rings. The number of nitrogens with one attached hydrogen (secondary N) is 1. The van der Waals surface area contributed by atoms with Crippen molar-refractivity contribution < 1.29 is 18.7 Å². The Labute approximate surface area is 149 Å². The van der Waals surface area contributed by atoms with Crippen LogP contribution in [0.25, 0.3) is 6.08 Å². The number of carbonyl (C=O) groups is 2. The molecule has 1 heterocycles. The van der Waals surface area contributed by atoms with Crippen LogP contribution < -0.4 is 5.32 Å². The van der Waals surface area contributed by atoms with Crippen LogP contribution in [-0.2, 0) is 9.53 Å². The number of hydrogen-bond acceptors (Lipinski definition) is 3. The molecule has 0 aromatic heterocycles. The predicted octanol–water partition coefficient (Wildman–Crippen LogP) is 3.34.